The van der Waals surface area contributed by atoms with Crippen molar-refractivity contribution in [3.63, 3.8) is 0 Å². The maximum atomic E-state index is 12.2. The van der Waals surface area contributed by atoms with E-state index >= 15 is 0 Å². The number of anilines is 1. The number of rotatable bonds is 6. The molecule has 2 heterocycles. The Labute approximate surface area is 123 Å². The fourth-order valence-corrected chi connectivity index (χ4v) is 1.90. The SMILES string of the molecule is CCNc1cc(C(=O)NCc2ncn(C)n2)cc(CC)n1. The number of carbonyl (C=O) groups excluding carboxylic acids is 1. The number of amides is 1. The van der Waals surface area contributed by atoms with Gasteiger partial charge in [0.2, 0.25) is 0 Å². The molecule has 1 amide bonds. The minimum atomic E-state index is -0.154. The van der Waals surface area contributed by atoms with Crippen LogP contribution in [0, 0.1) is 0 Å². The molecule has 0 bridgehead atoms. The molecule has 0 aliphatic heterocycles. The standard InChI is InChI=1S/C14H20N6O/c1-4-11-6-10(7-12(18-11)15-5-2)14(21)16-8-13-17-9-20(3)19-13/h6-7,9H,4-5,8H2,1-3H3,(H,15,18)(H,16,21). The maximum absolute atomic E-state index is 12.2. The van der Waals surface area contributed by atoms with Gasteiger partial charge in [-0.2, -0.15) is 5.10 Å². The molecule has 2 aromatic rings. The van der Waals surface area contributed by atoms with E-state index in [0.717, 1.165) is 24.5 Å². The molecule has 2 aromatic heterocycles. The zero-order valence-corrected chi connectivity index (χ0v) is 12.6. The topological polar surface area (TPSA) is 84.7 Å². The summed E-state index contributed by atoms with van der Waals surface area (Å²) in [5, 5.41) is 10.1. The Bertz CT molecular complexity index is 622. The van der Waals surface area contributed by atoms with Crippen molar-refractivity contribution in [1.29, 1.82) is 0 Å². The van der Waals surface area contributed by atoms with Crippen LogP contribution in [0.15, 0.2) is 18.5 Å². The Morgan fingerprint density at radius 1 is 1.33 bits per heavy atom. The summed E-state index contributed by atoms with van der Waals surface area (Å²) in [6.07, 6.45) is 2.38. The Hall–Kier alpha value is -2.44. The van der Waals surface area contributed by atoms with Crippen LogP contribution in [0.25, 0.3) is 0 Å². The Morgan fingerprint density at radius 3 is 2.76 bits per heavy atom. The van der Waals surface area contributed by atoms with E-state index in [0.29, 0.717) is 17.9 Å². The van der Waals surface area contributed by atoms with E-state index in [4.69, 9.17) is 0 Å². The molecule has 2 rings (SSSR count). The first-order valence-electron chi connectivity index (χ1n) is 7.00. The third-order valence-electron chi connectivity index (χ3n) is 2.91. The highest BCUT2D eigenvalue weighted by atomic mass is 16.1. The van der Waals surface area contributed by atoms with Gasteiger partial charge in [-0.05, 0) is 25.5 Å². The second-order valence-electron chi connectivity index (χ2n) is 4.63. The summed E-state index contributed by atoms with van der Waals surface area (Å²) in [5.41, 5.74) is 1.48. The fourth-order valence-electron chi connectivity index (χ4n) is 1.90. The third kappa shape index (κ3) is 4.01. The number of hydrogen-bond acceptors (Lipinski definition) is 5. The first-order valence-corrected chi connectivity index (χ1v) is 7.00. The van der Waals surface area contributed by atoms with Gasteiger partial charge in [-0.25, -0.2) is 9.97 Å². The second kappa shape index (κ2) is 6.83. The lowest BCUT2D eigenvalue weighted by Gasteiger charge is -2.09. The van der Waals surface area contributed by atoms with Crippen LogP contribution in [-0.4, -0.2) is 32.2 Å². The molecule has 2 N–H and O–H groups in total. The number of aryl methyl sites for hydroxylation is 2. The van der Waals surface area contributed by atoms with Crippen molar-refractivity contribution in [3.8, 4) is 0 Å². The Balaban J connectivity index is 2.08. The Kier molecular flexibility index (Phi) is 4.86. The van der Waals surface area contributed by atoms with Crippen molar-refractivity contribution in [1.82, 2.24) is 25.1 Å². The number of carbonyl (C=O) groups is 1. The van der Waals surface area contributed by atoms with Gasteiger partial charge in [0.05, 0.1) is 6.54 Å². The van der Waals surface area contributed by atoms with Crippen LogP contribution in [-0.2, 0) is 20.0 Å². The Morgan fingerprint density at radius 2 is 2.14 bits per heavy atom. The second-order valence-corrected chi connectivity index (χ2v) is 4.63. The monoisotopic (exact) mass is 288 g/mol. The van der Waals surface area contributed by atoms with Gasteiger partial charge in [-0.15, -0.1) is 0 Å². The van der Waals surface area contributed by atoms with Crippen LogP contribution in [0.4, 0.5) is 5.82 Å². The zero-order valence-electron chi connectivity index (χ0n) is 12.6. The molecule has 0 unspecified atom stereocenters. The van der Waals surface area contributed by atoms with E-state index in [1.165, 1.54) is 0 Å². The van der Waals surface area contributed by atoms with Crippen molar-refractivity contribution in [2.75, 3.05) is 11.9 Å². The van der Waals surface area contributed by atoms with Crippen molar-refractivity contribution >= 4 is 11.7 Å². The molecule has 7 heteroatoms. The summed E-state index contributed by atoms with van der Waals surface area (Å²) in [4.78, 5) is 20.7. The summed E-state index contributed by atoms with van der Waals surface area (Å²) in [6.45, 7) is 5.07. The maximum Gasteiger partial charge on any atom is 0.251 e. The lowest BCUT2D eigenvalue weighted by molar-refractivity contribution is 0.0949. The minimum Gasteiger partial charge on any atom is -0.370 e. The van der Waals surface area contributed by atoms with Gasteiger partial charge in [-0.3, -0.25) is 9.48 Å². The van der Waals surface area contributed by atoms with Gasteiger partial charge in [0.1, 0.15) is 12.1 Å². The molecule has 21 heavy (non-hydrogen) atoms. The molecule has 0 aliphatic carbocycles. The van der Waals surface area contributed by atoms with Crippen LogP contribution in [0.3, 0.4) is 0 Å². The van der Waals surface area contributed by atoms with Gasteiger partial charge in [-0.1, -0.05) is 6.92 Å². The summed E-state index contributed by atoms with van der Waals surface area (Å²) >= 11 is 0. The van der Waals surface area contributed by atoms with Gasteiger partial charge in [0.15, 0.2) is 5.82 Å². The summed E-state index contributed by atoms with van der Waals surface area (Å²) in [5.74, 6) is 1.15. The van der Waals surface area contributed by atoms with Crippen molar-refractivity contribution in [3.05, 3.63) is 35.5 Å². The first-order chi connectivity index (χ1) is 10.1. The lowest BCUT2D eigenvalue weighted by atomic mass is 10.2. The predicted molar refractivity (Wildman–Crippen MR) is 80.0 cm³/mol. The molecule has 0 saturated carbocycles. The first kappa shape index (κ1) is 15.0. The number of aromatic nitrogens is 4. The molecule has 0 radical (unpaired) electrons. The molecule has 0 saturated heterocycles. The van der Waals surface area contributed by atoms with Crippen LogP contribution < -0.4 is 10.6 Å². The molecule has 0 fully saturated rings. The van der Waals surface area contributed by atoms with E-state index in [2.05, 4.69) is 25.7 Å². The molecule has 0 spiro atoms. The predicted octanol–water partition coefficient (Wildman–Crippen LogP) is 1.13. The normalized spacial score (nSPS) is 10.4. The molecule has 0 atom stereocenters. The summed E-state index contributed by atoms with van der Waals surface area (Å²) < 4.78 is 1.60. The summed E-state index contributed by atoms with van der Waals surface area (Å²) in [7, 11) is 1.79. The third-order valence-corrected chi connectivity index (χ3v) is 2.91. The van der Waals surface area contributed by atoms with E-state index in [-0.39, 0.29) is 5.91 Å². The van der Waals surface area contributed by atoms with Crippen LogP contribution >= 0.6 is 0 Å². The van der Waals surface area contributed by atoms with E-state index in [9.17, 15) is 4.79 Å². The molecular formula is C14H20N6O. The van der Waals surface area contributed by atoms with Gasteiger partial charge < -0.3 is 10.6 Å². The van der Waals surface area contributed by atoms with Crippen molar-refractivity contribution < 1.29 is 4.79 Å². The van der Waals surface area contributed by atoms with Crippen molar-refractivity contribution in [2.45, 2.75) is 26.8 Å². The molecule has 112 valence electrons. The molecular weight excluding hydrogens is 268 g/mol. The van der Waals surface area contributed by atoms with Crippen LogP contribution in [0.2, 0.25) is 0 Å². The highest BCUT2D eigenvalue weighted by Gasteiger charge is 2.10. The zero-order chi connectivity index (χ0) is 15.2. The molecule has 0 aromatic carbocycles. The highest BCUT2D eigenvalue weighted by Crippen LogP contribution is 2.11. The molecule has 0 aliphatic rings. The van der Waals surface area contributed by atoms with Crippen molar-refractivity contribution in [2.24, 2.45) is 7.05 Å². The van der Waals surface area contributed by atoms with Gasteiger partial charge in [0, 0.05) is 24.8 Å². The largest absolute Gasteiger partial charge is 0.370 e. The number of nitrogens with zero attached hydrogens (tertiary/aromatic N) is 4. The van der Waals surface area contributed by atoms with Crippen LogP contribution in [0.5, 0.6) is 0 Å². The highest BCUT2D eigenvalue weighted by molar-refractivity contribution is 5.94. The van der Waals surface area contributed by atoms with Gasteiger partial charge >= 0.3 is 0 Å². The van der Waals surface area contributed by atoms with Gasteiger partial charge in [0.25, 0.3) is 5.91 Å². The number of nitrogens with one attached hydrogen (secondary N) is 2. The van der Waals surface area contributed by atoms with E-state index < -0.39 is 0 Å². The summed E-state index contributed by atoms with van der Waals surface area (Å²) in [6, 6.07) is 3.56. The lowest BCUT2D eigenvalue weighted by Crippen LogP contribution is -2.24. The quantitative estimate of drug-likeness (QED) is 0.832. The number of pyridine rings is 1. The average Bonchev–Trinajstić information content (AvgIpc) is 2.90. The number of hydrogen-bond donors (Lipinski definition) is 2. The fraction of sp³-hybridized carbons (Fsp3) is 0.429. The minimum absolute atomic E-state index is 0.154. The molecule has 7 nitrogen and oxygen atoms in total. The van der Waals surface area contributed by atoms with Crippen LogP contribution in [0.1, 0.15) is 35.7 Å². The smallest absolute Gasteiger partial charge is 0.251 e. The van der Waals surface area contributed by atoms with E-state index in [1.807, 2.05) is 19.9 Å². The van der Waals surface area contributed by atoms with E-state index in [1.54, 1.807) is 24.1 Å². The average molecular weight is 288 g/mol.